The van der Waals surface area contributed by atoms with Gasteiger partial charge in [0.05, 0.1) is 21.9 Å². The summed E-state index contributed by atoms with van der Waals surface area (Å²) in [5.41, 5.74) is 9.33. The summed E-state index contributed by atoms with van der Waals surface area (Å²) in [4.78, 5) is 21.1. The molecule has 2 heterocycles. The Kier molecular flexibility index (Phi) is 20.3. The van der Waals surface area contributed by atoms with Crippen LogP contribution in [0.1, 0.15) is 115 Å². The molecule has 2 aromatic heterocycles. The normalized spacial score (nSPS) is 12.0. The second-order valence-electron chi connectivity index (χ2n) is 20.0. The minimum Gasteiger partial charge on any atom is -0.512 e. The number of aromatic nitrogens is 2. The molecule has 0 saturated carbocycles. The van der Waals surface area contributed by atoms with Crippen molar-refractivity contribution in [1.82, 2.24) is 9.97 Å². The van der Waals surface area contributed by atoms with E-state index >= 15 is 0 Å². The van der Waals surface area contributed by atoms with Crippen LogP contribution in [0, 0.1) is 37.8 Å². The number of aliphatic hydroxyl groups is 1. The third kappa shape index (κ3) is 14.5. The van der Waals surface area contributed by atoms with Crippen LogP contribution in [-0.4, -0.2) is 37.0 Å². The molecule has 0 bridgehead atoms. The fourth-order valence-electron chi connectivity index (χ4n) is 7.91. The van der Waals surface area contributed by atoms with Crippen LogP contribution >= 0.6 is 0 Å². The zero-order chi connectivity index (χ0) is 46.8. The summed E-state index contributed by atoms with van der Waals surface area (Å²) in [7, 11) is -2.62. The van der Waals surface area contributed by atoms with E-state index in [1.807, 2.05) is 40.1 Å². The molecule has 0 unspecified atom stereocenters. The molecule has 0 saturated heterocycles. The average Bonchev–Trinajstić information content (AvgIpc) is 3.23. The van der Waals surface area contributed by atoms with Gasteiger partial charge in [0, 0.05) is 50.4 Å². The van der Waals surface area contributed by atoms with E-state index in [4.69, 9.17) is 9.97 Å². The van der Waals surface area contributed by atoms with Crippen molar-refractivity contribution in [3.05, 3.63) is 131 Å². The third-order valence-corrected chi connectivity index (χ3v) is 16.3. The molecule has 7 heteroatoms. The number of ketones is 1. The van der Waals surface area contributed by atoms with Gasteiger partial charge in [0.1, 0.15) is 0 Å². The average molecular weight is 1070 g/mol. The Hall–Kier alpha value is -4.01. The van der Waals surface area contributed by atoms with Gasteiger partial charge in [-0.1, -0.05) is 155 Å². The number of carbonyl (C=O) groups is 1. The molecule has 64 heavy (non-hydrogen) atoms. The van der Waals surface area contributed by atoms with Crippen LogP contribution in [0.2, 0.25) is 39.3 Å². The zero-order valence-electron chi connectivity index (χ0n) is 41.9. The summed E-state index contributed by atoms with van der Waals surface area (Å²) < 4.78 is 0. The van der Waals surface area contributed by atoms with Crippen molar-refractivity contribution in [3.8, 4) is 22.5 Å². The van der Waals surface area contributed by atoms with Gasteiger partial charge in [0.15, 0.2) is 5.78 Å². The first-order chi connectivity index (χ1) is 29.6. The molecule has 4 nitrogen and oxygen atoms in total. The largest absolute Gasteiger partial charge is 0.512 e. The van der Waals surface area contributed by atoms with Gasteiger partial charge in [-0.2, -0.15) is 0 Å². The van der Waals surface area contributed by atoms with Crippen molar-refractivity contribution < 1.29 is 30.0 Å². The third-order valence-electron chi connectivity index (χ3n) is 12.2. The Balaban J connectivity index is 0.000000262. The summed E-state index contributed by atoms with van der Waals surface area (Å²) >= 11 is 0. The number of fused-ring (bicyclic) bond motifs is 2. The van der Waals surface area contributed by atoms with Gasteiger partial charge in [-0.25, -0.2) is 0 Å². The molecule has 4 aromatic carbocycles. The number of carbonyl (C=O) groups excluding carboxylic acids is 1. The van der Waals surface area contributed by atoms with Crippen LogP contribution in [0.3, 0.4) is 0 Å². The summed E-state index contributed by atoms with van der Waals surface area (Å²) in [5.74, 6) is 1.56. The maximum atomic E-state index is 11.7. The molecular formula is C57H76IrN2O2Si2-2. The van der Waals surface area contributed by atoms with Crippen LogP contribution in [0.15, 0.2) is 97.0 Å². The summed E-state index contributed by atoms with van der Waals surface area (Å²) in [6.45, 7) is 35.6. The van der Waals surface area contributed by atoms with Gasteiger partial charge in [-0.05, 0) is 82.6 Å². The van der Waals surface area contributed by atoms with Crippen molar-refractivity contribution in [1.29, 1.82) is 0 Å². The minimum atomic E-state index is -1.31. The number of aryl methyl sites for hydroxylation is 2. The second kappa shape index (κ2) is 24.0. The minimum absolute atomic E-state index is 0. The molecule has 1 radical (unpaired) electrons. The Labute approximate surface area is 403 Å². The smallest absolute Gasteiger partial charge is 0.162 e. The van der Waals surface area contributed by atoms with Crippen molar-refractivity contribution in [2.75, 3.05) is 0 Å². The van der Waals surface area contributed by atoms with E-state index in [1.165, 1.54) is 60.2 Å². The van der Waals surface area contributed by atoms with Crippen molar-refractivity contribution in [3.63, 3.8) is 0 Å². The Morgan fingerprint density at radius 1 is 0.594 bits per heavy atom. The number of rotatable bonds is 13. The molecule has 345 valence electrons. The quantitative estimate of drug-likeness (QED) is 0.0542. The van der Waals surface area contributed by atoms with Gasteiger partial charge in [-0.15, -0.1) is 69.8 Å². The predicted octanol–water partition coefficient (Wildman–Crippen LogP) is 15.2. The van der Waals surface area contributed by atoms with E-state index in [-0.39, 0.29) is 43.5 Å². The first kappa shape index (κ1) is 54.3. The maximum absolute atomic E-state index is 11.7. The molecule has 0 amide bonds. The van der Waals surface area contributed by atoms with E-state index in [0.717, 1.165) is 48.2 Å². The van der Waals surface area contributed by atoms with Gasteiger partial charge >= 0.3 is 0 Å². The van der Waals surface area contributed by atoms with Crippen LogP contribution in [0.5, 0.6) is 0 Å². The first-order valence-electron chi connectivity index (χ1n) is 23.4. The zero-order valence-corrected chi connectivity index (χ0v) is 46.3. The molecule has 6 aromatic rings. The number of pyridine rings is 2. The van der Waals surface area contributed by atoms with E-state index in [1.54, 1.807) is 0 Å². The van der Waals surface area contributed by atoms with E-state index < -0.39 is 16.1 Å². The number of allylic oxidation sites excluding steroid dienone is 2. The van der Waals surface area contributed by atoms with Crippen molar-refractivity contribution >= 4 is 53.8 Å². The standard InChI is InChI=1S/2C22H26NSi.C13H24O2.Ir/c2*1-15(2)18-11-16(3)12-19(13-18)22-21-8-7-20(24(4,5)6)14-17(21)9-10-23-22;1-5-10(6-2)12(14)9-13(15)11(7-3)8-4;/h2*7-11,13-15H,1-6H3;9-11,14H,5-8H2,1-4H3;/q2*-1;;/b;;12-9-;. The van der Waals surface area contributed by atoms with Crippen LogP contribution in [0.4, 0.5) is 0 Å². The number of hydrogen-bond donors (Lipinski definition) is 1. The number of hydrogen-bond acceptors (Lipinski definition) is 4. The number of benzene rings is 4. The molecule has 0 aliphatic carbocycles. The molecule has 1 N–H and O–H groups in total. The first-order valence-corrected chi connectivity index (χ1v) is 30.4. The summed E-state index contributed by atoms with van der Waals surface area (Å²) in [5, 5.41) is 17.7. The number of nitrogens with zero attached hydrogens (tertiary/aromatic N) is 2. The van der Waals surface area contributed by atoms with E-state index in [9.17, 15) is 9.90 Å². The second-order valence-corrected chi connectivity index (χ2v) is 30.2. The molecule has 6 rings (SSSR count). The summed E-state index contributed by atoms with van der Waals surface area (Å²) in [6, 6.07) is 34.0. The maximum Gasteiger partial charge on any atom is 0.162 e. The Bertz CT molecular complexity index is 2350. The van der Waals surface area contributed by atoms with Crippen LogP contribution in [-0.2, 0) is 24.9 Å². The van der Waals surface area contributed by atoms with Crippen molar-refractivity contribution in [2.45, 2.75) is 146 Å². The predicted molar refractivity (Wildman–Crippen MR) is 280 cm³/mol. The molecule has 0 aliphatic rings. The SMILES string of the molecule is CCC(CC)C(=O)/C=C(\O)C(CC)CC.Cc1[c-]c(-c2nccc3cc([Si](C)(C)C)ccc23)cc(C(C)C)c1.Cc1[c-]c(-c2nccc3cc([Si](C)(C)C)ccc23)cc(C(C)C)c1.[Ir]. The van der Waals surface area contributed by atoms with Gasteiger partial charge < -0.3 is 15.1 Å². The van der Waals surface area contributed by atoms with Gasteiger partial charge in [0.25, 0.3) is 0 Å². The monoisotopic (exact) mass is 1070 g/mol. The Morgan fingerprint density at radius 2 is 0.969 bits per heavy atom. The van der Waals surface area contributed by atoms with Gasteiger partial charge in [0.2, 0.25) is 0 Å². The molecular weight excluding hydrogens is 993 g/mol. The molecule has 0 fully saturated rings. The fraction of sp³-hybridized carbons (Fsp3) is 0.421. The molecule has 0 spiro atoms. The molecule has 0 aliphatic heterocycles. The Morgan fingerprint density at radius 3 is 1.30 bits per heavy atom. The summed E-state index contributed by atoms with van der Waals surface area (Å²) in [6.07, 6.45) is 8.76. The molecule has 0 atom stereocenters. The van der Waals surface area contributed by atoms with Gasteiger partial charge in [-0.3, -0.25) is 4.79 Å². The topological polar surface area (TPSA) is 63.1 Å². The van der Waals surface area contributed by atoms with E-state index in [0.29, 0.717) is 11.8 Å². The van der Waals surface area contributed by atoms with E-state index in [2.05, 4.69) is 166 Å². The number of aliphatic hydroxyl groups excluding tert-OH is 1. The van der Waals surface area contributed by atoms with Crippen molar-refractivity contribution in [2.24, 2.45) is 11.8 Å². The fourth-order valence-corrected chi connectivity index (χ4v) is 10.2. The van der Waals surface area contributed by atoms with Crippen LogP contribution < -0.4 is 10.4 Å². The van der Waals surface area contributed by atoms with Crippen LogP contribution in [0.25, 0.3) is 44.1 Å².